The first kappa shape index (κ1) is 34.2. The fourth-order valence-corrected chi connectivity index (χ4v) is 5.20. The first-order valence-electron chi connectivity index (χ1n) is 15.1. The zero-order chi connectivity index (χ0) is 27.9. The van der Waals surface area contributed by atoms with E-state index in [9.17, 15) is 9.46 Å². The molecule has 0 bridgehead atoms. The summed E-state index contributed by atoms with van der Waals surface area (Å²) in [4.78, 5) is 10.5. The molecule has 2 aromatic rings. The highest BCUT2D eigenvalue weighted by atomic mass is 31.2. The van der Waals surface area contributed by atoms with Gasteiger partial charge in [-0.15, -0.1) is 0 Å². The van der Waals surface area contributed by atoms with E-state index in [2.05, 4.69) is 33.0 Å². The van der Waals surface area contributed by atoms with Gasteiger partial charge < -0.3 is 14.4 Å². The third-order valence-corrected chi connectivity index (χ3v) is 7.33. The summed E-state index contributed by atoms with van der Waals surface area (Å²) in [5.74, 6) is 0.871. The third-order valence-electron chi connectivity index (χ3n) is 6.47. The highest BCUT2D eigenvalue weighted by Gasteiger charge is 2.27. The lowest BCUT2D eigenvalue weighted by Gasteiger charge is -2.18. The van der Waals surface area contributed by atoms with Gasteiger partial charge in [-0.3, -0.25) is 4.89 Å². The van der Waals surface area contributed by atoms with Gasteiger partial charge in [-0.25, -0.2) is 4.57 Å². The molecule has 0 aliphatic heterocycles. The molecule has 216 valence electrons. The molecule has 0 aliphatic rings. The lowest BCUT2D eigenvalue weighted by molar-refractivity contribution is 0.288. The van der Waals surface area contributed by atoms with E-state index >= 15 is 0 Å². The minimum Gasteiger partial charge on any atom is -0.395 e. The van der Waals surface area contributed by atoms with Gasteiger partial charge in [0.15, 0.2) is 0 Å². The van der Waals surface area contributed by atoms with E-state index in [0.29, 0.717) is 11.5 Å². The Hall–Kier alpha value is -1.81. The zero-order valence-electron chi connectivity index (χ0n) is 24.6. The number of aryl methyl sites for hydroxylation is 2. The van der Waals surface area contributed by atoms with Crippen LogP contribution in [0, 0.1) is 0 Å². The van der Waals surface area contributed by atoms with E-state index in [1.54, 1.807) is 12.1 Å². The van der Waals surface area contributed by atoms with Gasteiger partial charge in [-0.1, -0.05) is 128 Å². The van der Waals surface area contributed by atoms with Crippen LogP contribution in [-0.2, 0) is 17.4 Å². The molecule has 2 rings (SSSR count). The van der Waals surface area contributed by atoms with Crippen LogP contribution in [0.4, 0.5) is 0 Å². The number of benzene rings is 2. The van der Waals surface area contributed by atoms with E-state index in [4.69, 9.17) is 9.05 Å². The molecule has 0 amide bonds. The number of hydrogen-bond acceptors (Lipinski definition) is 4. The molecule has 0 aliphatic carbocycles. The van der Waals surface area contributed by atoms with Crippen molar-refractivity contribution in [2.24, 2.45) is 0 Å². The number of rotatable bonds is 20. The minimum absolute atomic E-state index is 0.435. The molecular weight excluding hydrogens is 493 g/mol. The molecular formula is C32H54NO4P. The first-order valence-corrected chi connectivity index (χ1v) is 16.5. The molecule has 0 fully saturated rings. The summed E-state index contributed by atoms with van der Waals surface area (Å²) in [6, 6.07) is 15.0. The Morgan fingerprint density at radius 2 is 0.974 bits per heavy atom. The Bertz CT molecular complexity index is 822. The molecule has 0 aromatic heterocycles. The van der Waals surface area contributed by atoms with Crippen LogP contribution in [0.15, 0.2) is 48.5 Å². The standard InChI is InChI=1S/C28H43O4P.C4H11N/c1-3-5-7-9-11-13-19-25-21-15-17-23-27(25)31-33(29,30)32-28-24-18-16-22-26(28)20-14-12-10-8-6-4-2;1-3-5-4-2/h15-18,21-24H,3-14,19-20H2,1-2H3,(H,29,30);5H,3-4H2,1-2H3. The van der Waals surface area contributed by atoms with Crippen molar-refractivity contribution in [2.75, 3.05) is 13.1 Å². The molecule has 0 unspecified atom stereocenters. The molecule has 2 N–H and O–H groups in total. The van der Waals surface area contributed by atoms with Crippen LogP contribution in [0.3, 0.4) is 0 Å². The predicted octanol–water partition coefficient (Wildman–Crippen LogP) is 9.67. The summed E-state index contributed by atoms with van der Waals surface area (Å²) in [5, 5.41) is 3.11. The van der Waals surface area contributed by atoms with Crippen LogP contribution >= 0.6 is 7.82 Å². The largest absolute Gasteiger partial charge is 0.584 e. The average Bonchev–Trinajstić information content (AvgIpc) is 2.90. The van der Waals surface area contributed by atoms with Gasteiger partial charge in [-0.2, -0.15) is 0 Å². The SMILES string of the molecule is CCCCCCCCc1ccccc1OP(=O)(O)Oc1ccccc1CCCCCCCC.CCNCC. The van der Waals surface area contributed by atoms with Gasteiger partial charge in [0.2, 0.25) is 0 Å². The molecule has 0 saturated carbocycles. The zero-order valence-corrected chi connectivity index (χ0v) is 25.4. The number of hydrogen-bond donors (Lipinski definition) is 2. The van der Waals surface area contributed by atoms with Gasteiger partial charge in [0.05, 0.1) is 0 Å². The molecule has 6 heteroatoms. The van der Waals surface area contributed by atoms with Crippen LogP contribution < -0.4 is 14.4 Å². The summed E-state index contributed by atoms with van der Waals surface area (Å²) < 4.78 is 24.0. The van der Waals surface area contributed by atoms with E-state index in [1.807, 2.05) is 36.4 Å². The summed E-state index contributed by atoms with van der Waals surface area (Å²) in [5.41, 5.74) is 1.90. The molecule has 0 spiro atoms. The molecule has 0 atom stereocenters. The molecule has 38 heavy (non-hydrogen) atoms. The van der Waals surface area contributed by atoms with Crippen LogP contribution in [0.2, 0.25) is 0 Å². The summed E-state index contributed by atoms with van der Waals surface area (Å²) in [6.07, 6.45) is 16.1. The van der Waals surface area contributed by atoms with Crippen molar-refractivity contribution in [1.29, 1.82) is 0 Å². The van der Waals surface area contributed by atoms with Gasteiger partial charge in [-0.05, 0) is 62.0 Å². The second-order valence-electron chi connectivity index (χ2n) is 9.86. The lowest BCUT2D eigenvalue weighted by Crippen LogP contribution is -2.09. The summed E-state index contributed by atoms with van der Waals surface area (Å²) in [6.45, 7) is 10.8. The predicted molar refractivity (Wildman–Crippen MR) is 162 cm³/mol. The normalized spacial score (nSPS) is 11.1. The molecule has 0 saturated heterocycles. The van der Waals surface area contributed by atoms with Crippen molar-refractivity contribution < 1.29 is 18.5 Å². The molecule has 2 aromatic carbocycles. The van der Waals surface area contributed by atoms with E-state index < -0.39 is 7.82 Å². The van der Waals surface area contributed by atoms with Crippen molar-refractivity contribution in [3.63, 3.8) is 0 Å². The highest BCUT2D eigenvalue weighted by Crippen LogP contribution is 2.46. The van der Waals surface area contributed by atoms with Crippen molar-refractivity contribution in [2.45, 2.75) is 118 Å². The lowest BCUT2D eigenvalue weighted by atomic mass is 10.0. The topological polar surface area (TPSA) is 67.8 Å². The van der Waals surface area contributed by atoms with Crippen molar-refractivity contribution >= 4 is 7.82 Å². The van der Waals surface area contributed by atoms with Gasteiger partial charge in [0.1, 0.15) is 11.5 Å². The van der Waals surface area contributed by atoms with Crippen molar-refractivity contribution in [3.05, 3.63) is 59.7 Å². The Balaban J connectivity index is 0.00000132. The number of unbranched alkanes of at least 4 members (excludes halogenated alkanes) is 10. The van der Waals surface area contributed by atoms with Crippen LogP contribution in [0.25, 0.3) is 0 Å². The third kappa shape index (κ3) is 16.2. The number of phosphoric ester groups is 1. The van der Waals surface area contributed by atoms with Crippen molar-refractivity contribution in [1.82, 2.24) is 5.32 Å². The second kappa shape index (κ2) is 22.1. The summed E-state index contributed by atoms with van der Waals surface area (Å²) >= 11 is 0. The van der Waals surface area contributed by atoms with Gasteiger partial charge in [0, 0.05) is 0 Å². The fraction of sp³-hybridized carbons (Fsp3) is 0.625. The maximum Gasteiger partial charge on any atom is 0.584 e. The Morgan fingerprint density at radius 3 is 1.34 bits per heavy atom. The van der Waals surface area contributed by atoms with Crippen LogP contribution in [0.1, 0.15) is 116 Å². The van der Waals surface area contributed by atoms with E-state index in [0.717, 1.165) is 62.7 Å². The fourth-order valence-electron chi connectivity index (χ4n) is 4.31. The molecule has 0 heterocycles. The number of phosphoric acid groups is 1. The second-order valence-corrected chi connectivity index (χ2v) is 11.2. The highest BCUT2D eigenvalue weighted by molar-refractivity contribution is 7.48. The maximum absolute atomic E-state index is 12.9. The van der Waals surface area contributed by atoms with E-state index in [1.165, 1.54) is 51.4 Å². The Kier molecular flexibility index (Phi) is 19.9. The first-order chi connectivity index (χ1) is 18.5. The van der Waals surface area contributed by atoms with E-state index in [-0.39, 0.29) is 0 Å². The molecule has 0 radical (unpaired) electrons. The number of para-hydroxylation sites is 2. The molecule has 5 nitrogen and oxygen atoms in total. The van der Waals surface area contributed by atoms with Crippen molar-refractivity contribution in [3.8, 4) is 11.5 Å². The minimum atomic E-state index is -4.30. The van der Waals surface area contributed by atoms with Crippen LogP contribution in [0.5, 0.6) is 11.5 Å². The smallest absolute Gasteiger partial charge is 0.395 e. The summed E-state index contributed by atoms with van der Waals surface area (Å²) in [7, 11) is -4.30. The van der Waals surface area contributed by atoms with Gasteiger partial charge >= 0.3 is 7.82 Å². The van der Waals surface area contributed by atoms with Gasteiger partial charge in [0.25, 0.3) is 0 Å². The Labute approximate surface area is 233 Å². The van der Waals surface area contributed by atoms with Crippen LogP contribution in [-0.4, -0.2) is 18.0 Å². The average molecular weight is 548 g/mol. The monoisotopic (exact) mass is 547 g/mol. The quantitative estimate of drug-likeness (QED) is 0.128. The maximum atomic E-state index is 12.9. The Morgan fingerprint density at radius 1 is 0.605 bits per heavy atom. The number of nitrogens with one attached hydrogen (secondary N) is 1.